The van der Waals surface area contributed by atoms with E-state index in [0.29, 0.717) is 47.3 Å². The van der Waals surface area contributed by atoms with Gasteiger partial charge in [-0.1, -0.05) is 52.9 Å². The maximum absolute atomic E-state index is 13.7. The molecule has 1 aromatic rings. The van der Waals surface area contributed by atoms with Crippen molar-refractivity contribution < 1.29 is 14.3 Å². The van der Waals surface area contributed by atoms with Crippen molar-refractivity contribution in [2.75, 3.05) is 11.5 Å². The first kappa shape index (κ1) is 31.5. The highest BCUT2D eigenvalue weighted by Crippen LogP contribution is 2.43. The number of hydrogen-bond acceptors (Lipinski definition) is 6. The third-order valence-electron chi connectivity index (χ3n) is 8.12. The van der Waals surface area contributed by atoms with Crippen LogP contribution >= 0.6 is 12.2 Å². The highest BCUT2D eigenvalue weighted by Gasteiger charge is 2.49. The lowest BCUT2D eigenvalue weighted by molar-refractivity contribution is -0.126. The van der Waals surface area contributed by atoms with Gasteiger partial charge in [-0.2, -0.15) is 0 Å². The van der Waals surface area contributed by atoms with Gasteiger partial charge in [0.2, 0.25) is 0 Å². The minimum Gasteiger partial charge on any atom is -0.493 e. The number of Topliss-reactive ketones (excluding diaryl/α,β-unsaturated/α-hetero) is 1. The topological polar surface area (TPSA) is 74.2 Å². The van der Waals surface area contributed by atoms with E-state index in [1.807, 2.05) is 50.8 Å². The summed E-state index contributed by atoms with van der Waals surface area (Å²) in [6.07, 6.45) is 6.35. The zero-order valence-corrected chi connectivity index (χ0v) is 26.2. The molecule has 1 N–H and O–H groups in total. The number of ether oxygens (including phenoxy) is 1. The van der Waals surface area contributed by atoms with Crippen molar-refractivity contribution in [1.29, 1.82) is 0 Å². The average Bonchev–Trinajstić information content (AvgIpc) is 2.89. The van der Waals surface area contributed by atoms with Crippen molar-refractivity contribution in [2.45, 2.75) is 105 Å². The Labute approximate surface area is 245 Å². The first-order valence-corrected chi connectivity index (χ1v) is 15.2. The van der Waals surface area contributed by atoms with Crippen LogP contribution in [-0.4, -0.2) is 39.7 Å². The van der Waals surface area contributed by atoms with Crippen LogP contribution in [0.1, 0.15) is 105 Å². The zero-order chi connectivity index (χ0) is 29.6. The predicted molar refractivity (Wildman–Crippen MR) is 168 cm³/mol. The molecule has 218 valence electrons. The van der Waals surface area contributed by atoms with Crippen molar-refractivity contribution in [3.8, 4) is 5.75 Å². The molecule has 1 aliphatic heterocycles. The maximum atomic E-state index is 13.7. The highest BCUT2D eigenvalue weighted by atomic mass is 32.1. The van der Waals surface area contributed by atoms with Crippen LogP contribution in [-0.2, 0) is 9.59 Å². The molecule has 7 nitrogen and oxygen atoms in total. The Morgan fingerprint density at radius 1 is 1.20 bits per heavy atom. The van der Waals surface area contributed by atoms with Crippen molar-refractivity contribution in [3.63, 3.8) is 0 Å². The molecular weight excluding hydrogens is 520 g/mol. The average molecular weight is 567 g/mol. The Hall–Kier alpha value is -3.00. The Balaban J connectivity index is 2.20. The van der Waals surface area contributed by atoms with E-state index in [1.54, 1.807) is 5.01 Å². The lowest BCUT2D eigenvalue weighted by Gasteiger charge is -2.50. The van der Waals surface area contributed by atoms with Gasteiger partial charge in [0.25, 0.3) is 5.91 Å². The van der Waals surface area contributed by atoms with E-state index in [1.165, 1.54) is 0 Å². The van der Waals surface area contributed by atoms with Crippen LogP contribution in [0.15, 0.2) is 46.8 Å². The van der Waals surface area contributed by atoms with Gasteiger partial charge in [0.15, 0.2) is 11.6 Å². The second kappa shape index (κ2) is 13.6. The molecule has 1 atom stereocenters. The number of nitrogens with one attached hydrogen (secondary N) is 1. The minimum atomic E-state index is -0.630. The molecule has 1 fully saturated rings. The molecule has 1 unspecified atom stereocenters. The fraction of sp³-hybridized carbons (Fsp3) is 0.562. The number of carbonyl (C=O) groups is 2. The first-order chi connectivity index (χ1) is 19.1. The number of amides is 1. The monoisotopic (exact) mass is 566 g/mol. The highest BCUT2D eigenvalue weighted by molar-refractivity contribution is 7.80. The molecule has 0 spiro atoms. The SMILES string of the molecule is C=C(CCC)N1N=C(c2cc(N(C(C)=S)C3(C(=O)CCC)CCC3)ccc2OCC)NC(=O)/C1=C(\C)C(C)CC. The van der Waals surface area contributed by atoms with E-state index in [2.05, 4.69) is 32.7 Å². The summed E-state index contributed by atoms with van der Waals surface area (Å²) in [5, 5.41) is 9.71. The summed E-state index contributed by atoms with van der Waals surface area (Å²) in [4.78, 5) is 29.7. The van der Waals surface area contributed by atoms with Gasteiger partial charge in [-0.15, -0.1) is 5.10 Å². The summed E-state index contributed by atoms with van der Waals surface area (Å²) in [6.45, 7) is 18.9. The molecule has 0 radical (unpaired) electrons. The number of ketones is 1. The molecule has 3 rings (SSSR count). The zero-order valence-electron chi connectivity index (χ0n) is 25.4. The van der Waals surface area contributed by atoms with Gasteiger partial charge in [0.1, 0.15) is 17.0 Å². The van der Waals surface area contributed by atoms with E-state index in [4.69, 9.17) is 22.1 Å². The molecular formula is C32H46N4O3S. The van der Waals surface area contributed by atoms with Gasteiger partial charge in [-0.3, -0.25) is 9.59 Å². The fourth-order valence-electron chi connectivity index (χ4n) is 5.52. The van der Waals surface area contributed by atoms with Gasteiger partial charge in [-0.25, -0.2) is 5.01 Å². The lowest BCUT2D eigenvalue weighted by atomic mass is 9.70. The minimum absolute atomic E-state index is 0.218. The van der Waals surface area contributed by atoms with Crippen LogP contribution < -0.4 is 15.0 Å². The van der Waals surface area contributed by atoms with Gasteiger partial charge < -0.3 is 15.0 Å². The second-order valence-corrected chi connectivity index (χ2v) is 11.5. The molecule has 1 heterocycles. The number of rotatable bonds is 13. The molecule has 0 saturated heterocycles. The van der Waals surface area contributed by atoms with E-state index in [9.17, 15) is 9.59 Å². The van der Waals surface area contributed by atoms with Crippen molar-refractivity contribution in [3.05, 3.63) is 47.3 Å². The number of amidine groups is 1. The molecule has 1 aromatic carbocycles. The van der Waals surface area contributed by atoms with Gasteiger partial charge in [0, 0.05) is 17.8 Å². The van der Waals surface area contributed by atoms with Crippen LogP contribution in [0.3, 0.4) is 0 Å². The summed E-state index contributed by atoms with van der Waals surface area (Å²) in [5.41, 5.74) is 3.07. The molecule has 1 amide bonds. The maximum Gasteiger partial charge on any atom is 0.275 e. The Morgan fingerprint density at radius 3 is 2.40 bits per heavy atom. The van der Waals surface area contributed by atoms with Gasteiger partial charge in [-0.05, 0) is 89.0 Å². The van der Waals surface area contributed by atoms with Gasteiger partial charge >= 0.3 is 0 Å². The molecule has 8 heteroatoms. The van der Waals surface area contributed by atoms with Crippen LogP contribution in [0.5, 0.6) is 5.75 Å². The number of nitrogens with zero attached hydrogens (tertiary/aromatic N) is 3. The van der Waals surface area contributed by atoms with E-state index in [0.717, 1.165) is 55.5 Å². The summed E-state index contributed by atoms with van der Waals surface area (Å²) in [5.74, 6) is 1.21. The Bertz CT molecular complexity index is 1210. The number of allylic oxidation sites excluding steroid dienone is 2. The molecule has 0 bridgehead atoms. The van der Waals surface area contributed by atoms with Crippen LogP contribution in [0.4, 0.5) is 5.69 Å². The quantitative estimate of drug-likeness (QED) is 0.200. The molecule has 0 aromatic heterocycles. The molecule has 1 aliphatic carbocycles. The Kier molecular flexibility index (Phi) is 10.7. The van der Waals surface area contributed by atoms with Crippen LogP contribution in [0.2, 0.25) is 0 Å². The van der Waals surface area contributed by atoms with Gasteiger partial charge in [0.05, 0.1) is 17.2 Å². The second-order valence-electron chi connectivity index (χ2n) is 10.9. The fourth-order valence-corrected chi connectivity index (χ4v) is 5.80. The van der Waals surface area contributed by atoms with E-state index < -0.39 is 5.54 Å². The lowest BCUT2D eigenvalue weighted by Crippen LogP contribution is -2.61. The van der Waals surface area contributed by atoms with Crippen molar-refractivity contribution in [2.24, 2.45) is 11.0 Å². The Morgan fingerprint density at radius 2 is 1.88 bits per heavy atom. The molecule has 2 aliphatic rings. The largest absolute Gasteiger partial charge is 0.493 e. The van der Waals surface area contributed by atoms with Crippen molar-refractivity contribution in [1.82, 2.24) is 10.3 Å². The summed E-state index contributed by atoms with van der Waals surface area (Å²) in [6, 6.07) is 5.77. The number of thiocarbonyl (C=S) groups is 1. The third kappa shape index (κ3) is 6.17. The summed E-state index contributed by atoms with van der Waals surface area (Å²) >= 11 is 5.73. The molecule has 40 heavy (non-hydrogen) atoms. The van der Waals surface area contributed by atoms with E-state index in [-0.39, 0.29) is 17.6 Å². The predicted octanol–water partition coefficient (Wildman–Crippen LogP) is 7.26. The van der Waals surface area contributed by atoms with Crippen LogP contribution in [0, 0.1) is 5.92 Å². The van der Waals surface area contributed by atoms with E-state index >= 15 is 0 Å². The van der Waals surface area contributed by atoms with Crippen molar-refractivity contribution >= 4 is 40.4 Å². The standard InChI is InChI=1S/C32H46N4O3S/c1-9-14-22(6)36-29(23(7)21(5)11-3)31(38)33-30(34-36)26-20-25(16-17-27(26)39-12-4)35(24(8)40)32(18-13-19-32)28(37)15-10-2/h16-17,20-21H,6,9-15,18-19H2,1-5,7-8H3,(H,33,34,38)/b29-23-. The number of hydrazone groups is 1. The number of benzene rings is 1. The number of anilines is 1. The smallest absolute Gasteiger partial charge is 0.275 e. The normalized spacial score (nSPS) is 18.2. The molecule has 1 saturated carbocycles. The summed E-state index contributed by atoms with van der Waals surface area (Å²) < 4.78 is 6.00. The summed E-state index contributed by atoms with van der Waals surface area (Å²) in [7, 11) is 0. The van der Waals surface area contributed by atoms with Crippen LogP contribution in [0.25, 0.3) is 0 Å². The number of carbonyl (C=O) groups excluding carboxylic acids is 2. The third-order valence-corrected chi connectivity index (χ3v) is 8.30. The first-order valence-electron chi connectivity index (χ1n) is 14.8. The number of hydrogen-bond donors (Lipinski definition) is 1.